The quantitative estimate of drug-likeness (QED) is 0.706. The fraction of sp³-hybridized carbons (Fsp3) is 0.800. The van der Waals surface area contributed by atoms with E-state index < -0.39 is 0 Å². The van der Waals surface area contributed by atoms with Crippen molar-refractivity contribution in [3.63, 3.8) is 0 Å². The summed E-state index contributed by atoms with van der Waals surface area (Å²) < 4.78 is 18.1. The van der Waals surface area contributed by atoms with Crippen LogP contribution in [-0.2, 0) is 14.2 Å². The average molecular weight is 335 g/mol. The Morgan fingerprint density at radius 2 is 2.00 bits per heavy atom. The number of allylic oxidation sites excluding steroid dienone is 1. The van der Waals surface area contributed by atoms with Gasteiger partial charge in [0.25, 0.3) is 0 Å². The predicted molar refractivity (Wildman–Crippen MR) is 95.7 cm³/mol. The first-order valence-electron chi connectivity index (χ1n) is 9.58. The van der Waals surface area contributed by atoms with Crippen LogP contribution >= 0.6 is 0 Å². The Hall–Kier alpha value is -0.840. The van der Waals surface area contributed by atoms with Crippen molar-refractivity contribution >= 4 is 0 Å². The second-order valence-corrected chi connectivity index (χ2v) is 7.52. The molecule has 1 spiro atoms. The van der Waals surface area contributed by atoms with Crippen molar-refractivity contribution in [2.45, 2.75) is 63.7 Å². The van der Waals surface area contributed by atoms with Crippen molar-refractivity contribution in [3.8, 4) is 0 Å². The van der Waals surface area contributed by atoms with E-state index in [9.17, 15) is 0 Å². The van der Waals surface area contributed by atoms with Gasteiger partial charge >= 0.3 is 0 Å². The molecule has 3 aliphatic rings. The molecule has 136 valence electrons. The van der Waals surface area contributed by atoms with E-state index in [-0.39, 0.29) is 11.3 Å². The third-order valence-corrected chi connectivity index (χ3v) is 5.92. The monoisotopic (exact) mass is 335 g/mol. The number of rotatable bonds is 7. The molecule has 0 aromatic carbocycles. The van der Waals surface area contributed by atoms with Crippen LogP contribution in [0.4, 0.5) is 0 Å². The van der Waals surface area contributed by atoms with E-state index in [0.29, 0.717) is 12.5 Å². The summed E-state index contributed by atoms with van der Waals surface area (Å²) in [6, 6.07) is 0. The van der Waals surface area contributed by atoms with E-state index in [4.69, 9.17) is 14.2 Å². The van der Waals surface area contributed by atoms with E-state index in [1.54, 1.807) is 0 Å². The number of nitrogens with zero attached hydrogens (tertiary/aromatic N) is 1. The zero-order valence-electron chi connectivity index (χ0n) is 15.8. The van der Waals surface area contributed by atoms with Gasteiger partial charge in [0, 0.05) is 12.3 Å². The van der Waals surface area contributed by atoms with Crippen LogP contribution < -0.4 is 0 Å². The van der Waals surface area contributed by atoms with Crippen LogP contribution in [0.1, 0.15) is 52.4 Å². The molecule has 2 unspecified atom stereocenters. The van der Waals surface area contributed by atoms with Crippen molar-refractivity contribution < 1.29 is 14.2 Å². The standard InChI is InChI=1S/C20H33NO3/c1-5-8-16-13-18(22-6-2)15-19(16,21(3)4)14-17-9-7-10-20(17)23-11-12-24-20/h13,15,17H,5-12,14H2,1-4H3. The molecule has 4 heteroatoms. The smallest absolute Gasteiger partial charge is 0.171 e. The summed E-state index contributed by atoms with van der Waals surface area (Å²) in [6.45, 7) is 6.49. The Bertz CT molecular complexity index is 500. The van der Waals surface area contributed by atoms with Crippen molar-refractivity contribution in [3.05, 3.63) is 23.5 Å². The molecule has 1 saturated carbocycles. The SMILES string of the molecule is CCCC1=CC(OCC)=CC1(CC1CCCC12OCCO2)N(C)C. The van der Waals surface area contributed by atoms with Gasteiger partial charge in [0.05, 0.1) is 25.4 Å². The molecule has 1 aliphatic heterocycles. The summed E-state index contributed by atoms with van der Waals surface area (Å²) in [4.78, 5) is 2.36. The minimum absolute atomic E-state index is 0.0716. The topological polar surface area (TPSA) is 30.9 Å². The third-order valence-electron chi connectivity index (χ3n) is 5.92. The van der Waals surface area contributed by atoms with Gasteiger partial charge in [-0.15, -0.1) is 0 Å². The molecule has 0 aromatic heterocycles. The van der Waals surface area contributed by atoms with Crippen molar-refractivity contribution in [1.29, 1.82) is 0 Å². The lowest BCUT2D eigenvalue weighted by atomic mass is 9.78. The molecule has 2 fully saturated rings. The van der Waals surface area contributed by atoms with Crippen molar-refractivity contribution in [2.75, 3.05) is 33.9 Å². The first kappa shape index (κ1) is 18.0. The molecule has 24 heavy (non-hydrogen) atoms. The molecule has 1 saturated heterocycles. The maximum Gasteiger partial charge on any atom is 0.171 e. The van der Waals surface area contributed by atoms with E-state index in [0.717, 1.165) is 44.7 Å². The molecular formula is C20H33NO3. The fourth-order valence-corrected chi connectivity index (χ4v) is 4.77. The maximum atomic E-state index is 6.11. The minimum atomic E-state index is -0.331. The highest BCUT2D eigenvalue weighted by Gasteiger charge is 2.52. The summed E-state index contributed by atoms with van der Waals surface area (Å²) >= 11 is 0. The molecule has 2 atom stereocenters. The van der Waals surface area contributed by atoms with Gasteiger partial charge in [0.1, 0.15) is 5.76 Å². The third kappa shape index (κ3) is 3.04. The molecule has 4 nitrogen and oxygen atoms in total. The van der Waals surface area contributed by atoms with Gasteiger partial charge in [-0.2, -0.15) is 0 Å². The molecule has 0 amide bonds. The summed E-state index contributed by atoms with van der Waals surface area (Å²) in [5, 5.41) is 0. The Labute approximate surface area is 146 Å². The fourth-order valence-electron chi connectivity index (χ4n) is 4.77. The van der Waals surface area contributed by atoms with Gasteiger partial charge < -0.3 is 14.2 Å². The molecule has 0 aromatic rings. The van der Waals surface area contributed by atoms with Crippen LogP contribution in [0.5, 0.6) is 0 Å². The molecule has 2 aliphatic carbocycles. The normalized spacial score (nSPS) is 31.8. The predicted octanol–water partition coefficient (Wildman–Crippen LogP) is 3.88. The Kier molecular flexibility index (Phi) is 5.38. The zero-order chi connectivity index (χ0) is 17.2. The highest BCUT2D eigenvalue weighted by Crippen LogP contribution is 2.50. The summed E-state index contributed by atoms with van der Waals surface area (Å²) in [5.41, 5.74) is 1.40. The Balaban J connectivity index is 1.89. The maximum absolute atomic E-state index is 6.11. The van der Waals surface area contributed by atoms with E-state index >= 15 is 0 Å². The molecular weight excluding hydrogens is 302 g/mol. The summed E-state index contributed by atoms with van der Waals surface area (Å²) in [5.74, 6) is 1.14. The van der Waals surface area contributed by atoms with E-state index in [1.807, 2.05) is 0 Å². The minimum Gasteiger partial charge on any atom is -0.494 e. The van der Waals surface area contributed by atoms with Gasteiger partial charge in [-0.05, 0) is 64.4 Å². The molecule has 0 N–H and O–H groups in total. The lowest BCUT2D eigenvalue weighted by Gasteiger charge is -2.42. The van der Waals surface area contributed by atoms with Crippen molar-refractivity contribution in [2.24, 2.45) is 5.92 Å². The number of ether oxygens (including phenoxy) is 3. The highest BCUT2D eigenvalue weighted by atomic mass is 16.7. The second kappa shape index (κ2) is 7.19. The van der Waals surface area contributed by atoms with E-state index in [1.165, 1.54) is 18.4 Å². The summed E-state index contributed by atoms with van der Waals surface area (Å²) in [7, 11) is 4.37. The van der Waals surface area contributed by atoms with Crippen LogP contribution in [0, 0.1) is 5.92 Å². The van der Waals surface area contributed by atoms with E-state index in [2.05, 4.69) is 45.0 Å². The lowest BCUT2D eigenvalue weighted by Crippen LogP contribution is -2.48. The molecule has 3 rings (SSSR count). The lowest BCUT2D eigenvalue weighted by molar-refractivity contribution is -0.186. The number of hydrogen-bond acceptors (Lipinski definition) is 4. The van der Waals surface area contributed by atoms with Crippen molar-refractivity contribution in [1.82, 2.24) is 4.90 Å². The molecule has 0 bridgehead atoms. The molecule has 0 radical (unpaired) electrons. The Morgan fingerprint density at radius 3 is 2.62 bits per heavy atom. The van der Waals surface area contributed by atoms with Gasteiger partial charge in [0.2, 0.25) is 0 Å². The average Bonchev–Trinajstić information content (AvgIpc) is 3.24. The first-order valence-corrected chi connectivity index (χ1v) is 9.58. The van der Waals surface area contributed by atoms with Gasteiger partial charge in [-0.1, -0.05) is 13.3 Å². The van der Waals surface area contributed by atoms with Crippen LogP contribution in [0.2, 0.25) is 0 Å². The van der Waals surface area contributed by atoms with Crippen LogP contribution in [0.15, 0.2) is 23.5 Å². The largest absolute Gasteiger partial charge is 0.494 e. The van der Waals surface area contributed by atoms with Gasteiger partial charge in [0.15, 0.2) is 5.79 Å². The first-order chi connectivity index (χ1) is 11.6. The number of likely N-dealkylation sites (N-methyl/N-ethyl adjacent to an activating group) is 1. The van der Waals surface area contributed by atoms with Crippen LogP contribution in [0.25, 0.3) is 0 Å². The molecule has 1 heterocycles. The van der Waals surface area contributed by atoms with Gasteiger partial charge in [-0.25, -0.2) is 0 Å². The second-order valence-electron chi connectivity index (χ2n) is 7.52. The van der Waals surface area contributed by atoms with Gasteiger partial charge in [-0.3, -0.25) is 4.90 Å². The Morgan fingerprint density at radius 1 is 1.25 bits per heavy atom. The zero-order valence-corrected chi connectivity index (χ0v) is 15.8. The summed E-state index contributed by atoms with van der Waals surface area (Å²) in [6.07, 6.45) is 11.3. The van der Waals surface area contributed by atoms with Crippen LogP contribution in [-0.4, -0.2) is 50.1 Å². The highest BCUT2D eigenvalue weighted by molar-refractivity contribution is 5.43. The number of hydrogen-bond donors (Lipinski definition) is 0. The van der Waals surface area contributed by atoms with Crippen LogP contribution in [0.3, 0.4) is 0 Å².